The van der Waals surface area contributed by atoms with Crippen LogP contribution in [0.25, 0.3) is 10.2 Å². The van der Waals surface area contributed by atoms with Crippen molar-refractivity contribution >= 4 is 42.6 Å². The van der Waals surface area contributed by atoms with Crippen LogP contribution in [0.1, 0.15) is 13.8 Å². The van der Waals surface area contributed by atoms with E-state index in [-0.39, 0.29) is 5.60 Å². The molecule has 1 N–H and O–H groups in total. The van der Waals surface area contributed by atoms with Gasteiger partial charge >= 0.3 is 0 Å². The van der Waals surface area contributed by atoms with Gasteiger partial charge in [-0.15, -0.1) is 0 Å². The molecule has 2 rings (SSSR count). The molecule has 0 aliphatic heterocycles. The van der Waals surface area contributed by atoms with Crippen molar-refractivity contribution in [2.24, 2.45) is 0 Å². The highest BCUT2D eigenvalue weighted by Crippen LogP contribution is 2.28. The molecule has 0 amide bonds. The summed E-state index contributed by atoms with van der Waals surface area (Å²) in [5.41, 5.74) is 0.842. The summed E-state index contributed by atoms with van der Waals surface area (Å²) in [5, 5.41) is 4.25. The number of halogens is 1. The zero-order chi connectivity index (χ0) is 12.5. The fraction of sp³-hybridized carbons (Fsp3) is 0.417. The average molecular weight is 315 g/mol. The summed E-state index contributed by atoms with van der Waals surface area (Å²) in [6.45, 7) is 4.83. The first kappa shape index (κ1) is 12.8. The van der Waals surface area contributed by atoms with Gasteiger partial charge in [0.1, 0.15) is 0 Å². The SMILES string of the molecule is COC(C)(C)CNc1nc2ccc(Br)cc2s1. The lowest BCUT2D eigenvalue weighted by Crippen LogP contribution is -2.31. The largest absolute Gasteiger partial charge is 0.377 e. The number of nitrogens with zero attached hydrogens (tertiary/aromatic N) is 1. The smallest absolute Gasteiger partial charge is 0.183 e. The number of hydrogen-bond donors (Lipinski definition) is 1. The highest BCUT2D eigenvalue weighted by atomic mass is 79.9. The van der Waals surface area contributed by atoms with Gasteiger partial charge in [0.15, 0.2) is 5.13 Å². The number of thiazole rings is 1. The molecule has 1 heterocycles. The molecule has 0 bridgehead atoms. The summed E-state index contributed by atoms with van der Waals surface area (Å²) in [6.07, 6.45) is 0. The van der Waals surface area contributed by atoms with Crippen LogP contribution in [0, 0.1) is 0 Å². The normalized spacial score (nSPS) is 12.0. The van der Waals surface area contributed by atoms with Gasteiger partial charge in [-0.05, 0) is 32.0 Å². The van der Waals surface area contributed by atoms with Crippen LogP contribution in [-0.4, -0.2) is 24.2 Å². The predicted molar refractivity (Wildman–Crippen MR) is 76.9 cm³/mol. The van der Waals surface area contributed by atoms with Gasteiger partial charge in [0.2, 0.25) is 0 Å². The quantitative estimate of drug-likeness (QED) is 0.929. The zero-order valence-corrected chi connectivity index (χ0v) is 12.5. The summed E-state index contributed by atoms with van der Waals surface area (Å²) in [7, 11) is 1.72. The molecule has 0 saturated carbocycles. The maximum absolute atomic E-state index is 5.36. The Morgan fingerprint density at radius 2 is 2.24 bits per heavy atom. The molecule has 0 saturated heterocycles. The van der Waals surface area contributed by atoms with Crippen LogP contribution in [0.4, 0.5) is 5.13 Å². The number of nitrogens with one attached hydrogen (secondary N) is 1. The molecule has 1 aromatic carbocycles. The van der Waals surface area contributed by atoms with Crippen molar-refractivity contribution in [1.82, 2.24) is 4.98 Å². The van der Waals surface area contributed by atoms with Gasteiger partial charge in [-0.1, -0.05) is 27.3 Å². The van der Waals surface area contributed by atoms with Crippen molar-refractivity contribution in [2.45, 2.75) is 19.4 Å². The van der Waals surface area contributed by atoms with Crippen molar-refractivity contribution in [3.05, 3.63) is 22.7 Å². The van der Waals surface area contributed by atoms with E-state index in [1.807, 2.05) is 26.0 Å². The van der Waals surface area contributed by atoms with Crippen molar-refractivity contribution in [3.8, 4) is 0 Å². The fourth-order valence-electron chi connectivity index (χ4n) is 1.33. The molecule has 0 fully saturated rings. The second kappa shape index (κ2) is 4.92. The lowest BCUT2D eigenvalue weighted by molar-refractivity contribution is 0.0344. The molecule has 17 heavy (non-hydrogen) atoms. The van der Waals surface area contributed by atoms with Crippen LogP contribution in [0.2, 0.25) is 0 Å². The van der Waals surface area contributed by atoms with E-state index < -0.39 is 0 Å². The third kappa shape index (κ3) is 3.18. The number of fused-ring (bicyclic) bond motifs is 1. The van der Waals surface area contributed by atoms with E-state index >= 15 is 0 Å². The Morgan fingerprint density at radius 1 is 1.47 bits per heavy atom. The zero-order valence-electron chi connectivity index (χ0n) is 10.1. The van der Waals surface area contributed by atoms with Crippen molar-refractivity contribution in [1.29, 1.82) is 0 Å². The lowest BCUT2D eigenvalue weighted by atomic mass is 10.1. The summed E-state index contributed by atoms with van der Waals surface area (Å²) in [5.74, 6) is 0. The number of rotatable bonds is 4. The first-order chi connectivity index (χ1) is 8.00. The lowest BCUT2D eigenvalue weighted by Gasteiger charge is -2.22. The molecule has 0 aliphatic rings. The number of anilines is 1. The molecular formula is C12H15BrN2OS. The Hall–Kier alpha value is -0.650. The van der Waals surface area contributed by atoms with Gasteiger partial charge < -0.3 is 10.1 Å². The van der Waals surface area contributed by atoms with Crippen LogP contribution < -0.4 is 5.32 Å². The average Bonchev–Trinajstić information content (AvgIpc) is 2.68. The van der Waals surface area contributed by atoms with Crippen LogP contribution in [0.15, 0.2) is 22.7 Å². The Labute approximate surface area is 113 Å². The fourth-order valence-corrected chi connectivity index (χ4v) is 2.75. The monoisotopic (exact) mass is 314 g/mol. The van der Waals surface area contributed by atoms with Gasteiger partial charge in [-0.2, -0.15) is 0 Å². The molecule has 5 heteroatoms. The molecular weight excluding hydrogens is 300 g/mol. The van der Waals surface area contributed by atoms with Crippen molar-refractivity contribution < 1.29 is 4.74 Å². The summed E-state index contributed by atoms with van der Waals surface area (Å²) in [4.78, 5) is 4.52. The number of ether oxygens (including phenoxy) is 1. The van der Waals surface area contributed by atoms with Gasteiger partial charge in [-0.3, -0.25) is 0 Å². The predicted octanol–water partition coefficient (Wildman–Crippen LogP) is 3.90. The van der Waals surface area contributed by atoms with E-state index in [1.165, 1.54) is 4.70 Å². The Balaban J connectivity index is 2.15. The number of methoxy groups -OCH3 is 1. The third-order valence-electron chi connectivity index (χ3n) is 2.57. The van der Waals surface area contributed by atoms with Crippen LogP contribution in [0.3, 0.4) is 0 Å². The highest BCUT2D eigenvalue weighted by molar-refractivity contribution is 9.10. The van der Waals surface area contributed by atoms with Crippen LogP contribution >= 0.6 is 27.3 Å². The molecule has 92 valence electrons. The summed E-state index contributed by atoms with van der Waals surface area (Å²) < 4.78 is 7.62. The van der Waals surface area contributed by atoms with Crippen molar-refractivity contribution in [2.75, 3.05) is 19.0 Å². The van der Waals surface area contributed by atoms with E-state index in [1.54, 1.807) is 18.4 Å². The topological polar surface area (TPSA) is 34.1 Å². The van der Waals surface area contributed by atoms with E-state index in [4.69, 9.17) is 4.74 Å². The summed E-state index contributed by atoms with van der Waals surface area (Å²) >= 11 is 5.12. The Bertz CT molecular complexity index is 524. The second-order valence-corrected chi connectivity index (χ2v) is 6.39. The van der Waals surface area contributed by atoms with E-state index in [0.717, 1.165) is 21.7 Å². The molecule has 0 unspecified atom stereocenters. The van der Waals surface area contributed by atoms with E-state index in [9.17, 15) is 0 Å². The van der Waals surface area contributed by atoms with Gasteiger partial charge in [0.25, 0.3) is 0 Å². The Morgan fingerprint density at radius 3 is 2.94 bits per heavy atom. The standard InChI is InChI=1S/C12H15BrN2OS/c1-12(2,16-3)7-14-11-15-9-5-4-8(13)6-10(9)17-11/h4-6H,7H2,1-3H3,(H,14,15). The summed E-state index contributed by atoms with van der Waals surface area (Å²) in [6, 6.07) is 6.10. The number of aromatic nitrogens is 1. The minimum absolute atomic E-state index is 0.182. The molecule has 0 radical (unpaired) electrons. The number of benzene rings is 1. The van der Waals surface area contributed by atoms with Crippen molar-refractivity contribution in [3.63, 3.8) is 0 Å². The molecule has 1 aromatic heterocycles. The molecule has 2 aromatic rings. The molecule has 3 nitrogen and oxygen atoms in total. The molecule has 0 aliphatic carbocycles. The number of hydrogen-bond acceptors (Lipinski definition) is 4. The molecule has 0 spiro atoms. The minimum Gasteiger partial charge on any atom is -0.377 e. The third-order valence-corrected chi connectivity index (χ3v) is 4.04. The minimum atomic E-state index is -0.182. The maximum Gasteiger partial charge on any atom is 0.183 e. The first-order valence-corrected chi connectivity index (χ1v) is 6.96. The molecule has 0 atom stereocenters. The van der Waals surface area contributed by atoms with Gasteiger partial charge in [-0.25, -0.2) is 4.98 Å². The Kier molecular flexibility index (Phi) is 3.70. The van der Waals surface area contributed by atoms with E-state index in [2.05, 4.69) is 32.3 Å². The van der Waals surface area contributed by atoms with Crippen LogP contribution in [-0.2, 0) is 4.74 Å². The van der Waals surface area contributed by atoms with Gasteiger partial charge in [0.05, 0.1) is 15.8 Å². The maximum atomic E-state index is 5.36. The van der Waals surface area contributed by atoms with Gasteiger partial charge in [0, 0.05) is 18.1 Å². The highest BCUT2D eigenvalue weighted by Gasteiger charge is 2.16. The van der Waals surface area contributed by atoms with E-state index in [0.29, 0.717) is 0 Å². The second-order valence-electron chi connectivity index (χ2n) is 4.45. The van der Waals surface area contributed by atoms with Crippen LogP contribution in [0.5, 0.6) is 0 Å². The first-order valence-electron chi connectivity index (χ1n) is 5.35.